The lowest BCUT2D eigenvalue weighted by atomic mass is 9.74. The highest BCUT2D eigenvalue weighted by molar-refractivity contribution is 5.96. The topological polar surface area (TPSA) is 60.3 Å². The third kappa shape index (κ3) is 2.04. The summed E-state index contributed by atoms with van der Waals surface area (Å²) >= 11 is 0. The molecule has 3 N–H and O–H groups in total. The van der Waals surface area contributed by atoms with Gasteiger partial charge in [-0.25, -0.2) is 0 Å². The van der Waals surface area contributed by atoms with E-state index in [1.54, 1.807) is 0 Å². The van der Waals surface area contributed by atoms with Gasteiger partial charge in [-0.15, -0.1) is 0 Å². The van der Waals surface area contributed by atoms with E-state index in [4.69, 9.17) is 15.2 Å². The highest BCUT2D eigenvalue weighted by atomic mass is 16.5. The van der Waals surface area contributed by atoms with Gasteiger partial charge in [0.2, 0.25) is 0 Å². The van der Waals surface area contributed by atoms with Gasteiger partial charge in [0.1, 0.15) is 17.2 Å². The number of nitrogen functional groups attached to an aromatic ring is 1. The van der Waals surface area contributed by atoms with Crippen molar-refractivity contribution in [1.29, 1.82) is 0 Å². The summed E-state index contributed by atoms with van der Waals surface area (Å²) in [7, 11) is 0. The second-order valence-electron chi connectivity index (χ2n) is 8.05. The Morgan fingerprint density at radius 3 is 2.39 bits per heavy atom. The molecule has 0 bridgehead atoms. The van der Waals surface area contributed by atoms with Crippen LogP contribution in [0.25, 0.3) is 22.2 Å². The first-order valence-electron chi connectivity index (χ1n) is 10.3. The molecule has 0 aliphatic carbocycles. The maximum absolute atomic E-state index is 7.01. The monoisotopic (exact) mass is 402 g/mol. The van der Waals surface area contributed by atoms with E-state index in [1.807, 2.05) is 54.6 Å². The van der Waals surface area contributed by atoms with Crippen LogP contribution < -0.4 is 15.2 Å². The van der Waals surface area contributed by atoms with Crippen LogP contribution in [0.4, 0.5) is 5.69 Å². The van der Waals surface area contributed by atoms with Crippen LogP contribution in [0.3, 0.4) is 0 Å². The number of aromatic nitrogens is 1. The molecule has 4 heteroatoms. The van der Waals surface area contributed by atoms with Crippen molar-refractivity contribution >= 4 is 16.6 Å². The first-order valence-corrected chi connectivity index (χ1v) is 10.3. The van der Waals surface area contributed by atoms with Crippen LogP contribution in [0.1, 0.15) is 16.7 Å². The van der Waals surface area contributed by atoms with Crippen LogP contribution in [0.2, 0.25) is 0 Å². The molecular formula is C27H18N2O2. The van der Waals surface area contributed by atoms with Gasteiger partial charge < -0.3 is 20.2 Å². The number of H-pyrrole nitrogens is 1. The van der Waals surface area contributed by atoms with Gasteiger partial charge in [0.25, 0.3) is 0 Å². The number of para-hydroxylation sites is 3. The van der Waals surface area contributed by atoms with Gasteiger partial charge in [0, 0.05) is 44.9 Å². The highest BCUT2D eigenvalue weighted by Crippen LogP contribution is 2.59. The maximum atomic E-state index is 7.01. The normalized spacial score (nSPS) is 17.8. The van der Waals surface area contributed by atoms with E-state index in [0.717, 1.165) is 50.3 Å². The molecule has 4 aromatic carbocycles. The largest absolute Gasteiger partial charge is 0.472 e. The van der Waals surface area contributed by atoms with Gasteiger partial charge in [-0.2, -0.15) is 0 Å². The Labute approximate surface area is 178 Å². The smallest absolute Gasteiger partial charge is 0.194 e. The Bertz CT molecular complexity index is 1520. The van der Waals surface area contributed by atoms with E-state index in [2.05, 4.69) is 41.4 Å². The lowest BCUT2D eigenvalue weighted by Gasteiger charge is -2.43. The molecule has 0 saturated carbocycles. The molecule has 1 atom stereocenters. The van der Waals surface area contributed by atoms with Crippen LogP contribution in [0.5, 0.6) is 17.2 Å². The predicted molar refractivity (Wildman–Crippen MR) is 122 cm³/mol. The average Bonchev–Trinajstić information content (AvgIpc) is 3.20. The van der Waals surface area contributed by atoms with Gasteiger partial charge in [-0.05, 0) is 36.4 Å². The Hall–Kier alpha value is -4.18. The molecule has 0 amide bonds. The number of anilines is 1. The molecule has 2 aliphatic rings. The van der Waals surface area contributed by atoms with Crippen molar-refractivity contribution in [2.45, 2.75) is 5.60 Å². The summed E-state index contributed by atoms with van der Waals surface area (Å²) in [6.45, 7) is 0. The number of nitrogens with two attached hydrogens (primary N) is 1. The molecule has 1 spiro atoms. The zero-order chi connectivity index (χ0) is 20.6. The van der Waals surface area contributed by atoms with Crippen molar-refractivity contribution in [3.63, 3.8) is 0 Å². The molecule has 4 nitrogen and oxygen atoms in total. The molecule has 0 radical (unpaired) electrons. The second kappa shape index (κ2) is 5.70. The minimum atomic E-state index is -0.860. The minimum absolute atomic E-state index is 0.656. The molecule has 0 fully saturated rings. The predicted octanol–water partition coefficient (Wildman–Crippen LogP) is 6.21. The fourth-order valence-corrected chi connectivity index (χ4v) is 5.09. The third-order valence-corrected chi connectivity index (χ3v) is 6.35. The van der Waals surface area contributed by atoms with Gasteiger partial charge in [-0.1, -0.05) is 48.5 Å². The zero-order valence-corrected chi connectivity index (χ0v) is 16.6. The van der Waals surface area contributed by atoms with E-state index in [1.165, 1.54) is 0 Å². The Kier molecular flexibility index (Phi) is 3.05. The number of ether oxygens (including phenoxy) is 2. The molecule has 0 saturated heterocycles. The average molecular weight is 402 g/mol. The van der Waals surface area contributed by atoms with Crippen molar-refractivity contribution in [2.24, 2.45) is 0 Å². The van der Waals surface area contributed by atoms with Crippen molar-refractivity contribution in [1.82, 2.24) is 4.98 Å². The molecule has 5 aromatic rings. The van der Waals surface area contributed by atoms with E-state index < -0.39 is 5.60 Å². The van der Waals surface area contributed by atoms with E-state index in [9.17, 15) is 0 Å². The van der Waals surface area contributed by atoms with Crippen LogP contribution in [0, 0.1) is 0 Å². The van der Waals surface area contributed by atoms with Crippen molar-refractivity contribution < 1.29 is 9.47 Å². The summed E-state index contributed by atoms with van der Waals surface area (Å²) < 4.78 is 13.3. The number of aromatic amines is 1. The summed E-state index contributed by atoms with van der Waals surface area (Å²) in [5, 5.41) is 1.13. The fourth-order valence-electron chi connectivity index (χ4n) is 5.09. The van der Waals surface area contributed by atoms with E-state index >= 15 is 0 Å². The first-order chi connectivity index (χ1) is 15.3. The molecule has 1 aromatic heterocycles. The Morgan fingerprint density at radius 2 is 1.45 bits per heavy atom. The van der Waals surface area contributed by atoms with Crippen molar-refractivity contribution in [2.75, 3.05) is 5.73 Å². The van der Waals surface area contributed by atoms with Crippen LogP contribution in [0.15, 0.2) is 91.0 Å². The molecular weight excluding hydrogens is 384 g/mol. The van der Waals surface area contributed by atoms with E-state index in [-0.39, 0.29) is 0 Å². The van der Waals surface area contributed by atoms with Crippen LogP contribution in [-0.2, 0) is 5.60 Å². The SMILES string of the molecule is Nc1ccc2c(c1)Oc1ccccc1C21Oc2ccccc2-c2[nH]c3ccccc3c21. The summed E-state index contributed by atoms with van der Waals surface area (Å²) in [6, 6.07) is 30.5. The number of hydrogen-bond donors (Lipinski definition) is 2. The van der Waals surface area contributed by atoms with Gasteiger partial charge in [0.05, 0.1) is 5.69 Å². The van der Waals surface area contributed by atoms with Gasteiger partial charge >= 0.3 is 0 Å². The number of nitrogens with one attached hydrogen (secondary N) is 1. The van der Waals surface area contributed by atoms with Crippen LogP contribution >= 0.6 is 0 Å². The lowest BCUT2D eigenvalue weighted by molar-refractivity contribution is 0.139. The number of fused-ring (bicyclic) bond motifs is 10. The number of rotatable bonds is 0. The Balaban J connectivity index is 1.70. The molecule has 1 unspecified atom stereocenters. The quantitative estimate of drug-likeness (QED) is 0.303. The van der Waals surface area contributed by atoms with Crippen molar-refractivity contribution in [3.8, 4) is 28.5 Å². The number of hydrogen-bond acceptors (Lipinski definition) is 3. The lowest BCUT2D eigenvalue weighted by Crippen LogP contribution is -2.40. The second-order valence-corrected chi connectivity index (χ2v) is 8.05. The maximum Gasteiger partial charge on any atom is 0.194 e. The molecule has 148 valence electrons. The first kappa shape index (κ1) is 16.6. The summed E-state index contributed by atoms with van der Waals surface area (Å²) in [5.41, 5.74) is 12.2. The summed E-state index contributed by atoms with van der Waals surface area (Å²) in [6.07, 6.45) is 0. The zero-order valence-electron chi connectivity index (χ0n) is 16.6. The molecule has 3 heterocycles. The van der Waals surface area contributed by atoms with Crippen LogP contribution in [-0.4, -0.2) is 4.98 Å². The van der Waals surface area contributed by atoms with E-state index in [0.29, 0.717) is 11.4 Å². The standard InChI is InChI=1S/C27H18N2O2/c28-16-13-14-20-24(15-16)30-23-12-6-3-9-19(23)27(20)25-17-7-1-4-10-21(17)29-26(25)18-8-2-5-11-22(18)31-27/h1-15,29H,28H2. The van der Waals surface area contributed by atoms with Gasteiger partial charge in [0.15, 0.2) is 5.60 Å². The highest BCUT2D eigenvalue weighted by Gasteiger charge is 2.51. The molecule has 7 rings (SSSR count). The van der Waals surface area contributed by atoms with Gasteiger partial charge in [-0.3, -0.25) is 0 Å². The number of benzene rings is 4. The summed E-state index contributed by atoms with van der Waals surface area (Å²) in [5.74, 6) is 2.33. The Morgan fingerprint density at radius 1 is 0.710 bits per heavy atom. The minimum Gasteiger partial charge on any atom is -0.472 e. The fraction of sp³-hybridized carbons (Fsp3) is 0.0370. The summed E-state index contributed by atoms with van der Waals surface area (Å²) in [4.78, 5) is 3.67. The third-order valence-electron chi connectivity index (χ3n) is 6.35. The molecule has 2 aliphatic heterocycles. The molecule has 31 heavy (non-hydrogen) atoms. The van der Waals surface area contributed by atoms with Crippen molar-refractivity contribution in [3.05, 3.63) is 108 Å².